The molecule has 3 heteroatoms. The normalized spacial score (nSPS) is 11.9. The molecule has 110 valence electrons. The molecule has 1 rings (SSSR count). The quantitative estimate of drug-likeness (QED) is 0.547. The zero-order chi connectivity index (χ0) is 14.8. The van der Waals surface area contributed by atoms with E-state index in [-0.39, 0.29) is 11.8 Å². The summed E-state index contributed by atoms with van der Waals surface area (Å²) in [5.41, 5.74) is 1.11. The van der Waals surface area contributed by atoms with Crippen LogP contribution in [-0.2, 0) is 16.1 Å². The minimum atomic E-state index is -0.738. The fraction of sp³-hybridized carbons (Fsp3) is 0.471. The van der Waals surface area contributed by atoms with Crippen LogP contribution in [0.4, 0.5) is 0 Å². The maximum Gasteiger partial charge on any atom is 0.303 e. The van der Waals surface area contributed by atoms with Crippen LogP contribution in [0.2, 0.25) is 0 Å². The van der Waals surface area contributed by atoms with E-state index in [0.29, 0.717) is 19.6 Å². The van der Waals surface area contributed by atoms with Crippen LogP contribution >= 0.6 is 0 Å². The molecule has 0 heterocycles. The monoisotopic (exact) mass is 276 g/mol. The molecular formula is C17H24O3. The van der Waals surface area contributed by atoms with Gasteiger partial charge in [-0.2, -0.15) is 0 Å². The molecule has 0 saturated heterocycles. The van der Waals surface area contributed by atoms with Gasteiger partial charge >= 0.3 is 5.97 Å². The summed E-state index contributed by atoms with van der Waals surface area (Å²) < 4.78 is 5.59. The maximum absolute atomic E-state index is 10.6. The van der Waals surface area contributed by atoms with Crippen LogP contribution in [-0.4, -0.2) is 17.7 Å². The minimum absolute atomic E-state index is 0.0716. The van der Waals surface area contributed by atoms with Gasteiger partial charge in [-0.15, -0.1) is 0 Å². The third kappa shape index (κ3) is 7.74. The van der Waals surface area contributed by atoms with Gasteiger partial charge in [0.05, 0.1) is 13.2 Å². The van der Waals surface area contributed by atoms with Crippen LogP contribution in [0.25, 0.3) is 0 Å². The van der Waals surface area contributed by atoms with Crippen LogP contribution in [0, 0.1) is 5.41 Å². The lowest BCUT2D eigenvalue weighted by Crippen LogP contribution is -2.10. The molecule has 1 aromatic rings. The van der Waals surface area contributed by atoms with Gasteiger partial charge < -0.3 is 9.84 Å². The number of hydrogen-bond donors (Lipinski definition) is 1. The zero-order valence-electron chi connectivity index (χ0n) is 12.3. The first-order valence-electron chi connectivity index (χ1n) is 7.01. The van der Waals surface area contributed by atoms with Crippen LogP contribution in [0.5, 0.6) is 0 Å². The predicted molar refractivity (Wildman–Crippen MR) is 80.5 cm³/mol. The first kappa shape index (κ1) is 16.4. The van der Waals surface area contributed by atoms with Crippen molar-refractivity contribution >= 4 is 5.97 Å². The highest BCUT2D eigenvalue weighted by Gasteiger charge is 2.14. The molecule has 0 aliphatic rings. The van der Waals surface area contributed by atoms with Gasteiger partial charge in [0, 0.05) is 6.42 Å². The highest BCUT2D eigenvalue weighted by Crippen LogP contribution is 2.24. The lowest BCUT2D eigenvalue weighted by Gasteiger charge is -2.18. The van der Waals surface area contributed by atoms with E-state index in [0.717, 1.165) is 6.42 Å². The van der Waals surface area contributed by atoms with Gasteiger partial charge in [-0.3, -0.25) is 4.79 Å². The molecule has 0 fully saturated rings. The lowest BCUT2D eigenvalue weighted by molar-refractivity contribution is -0.137. The van der Waals surface area contributed by atoms with E-state index in [9.17, 15) is 4.79 Å². The van der Waals surface area contributed by atoms with E-state index in [2.05, 4.69) is 26.0 Å². The zero-order valence-corrected chi connectivity index (χ0v) is 12.3. The number of ether oxygens (including phenoxy) is 1. The Morgan fingerprint density at radius 2 is 2.00 bits per heavy atom. The third-order valence-electron chi connectivity index (χ3n) is 3.09. The van der Waals surface area contributed by atoms with Gasteiger partial charge in [0.15, 0.2) is 0 Å². The van der Waals surface area contributed by atoms with Crippen molar-refractivity contribution in [3.63, 3.8) is 0 Å². The predicted octanol–water partition coefficient (Wildman–Crippen LogP) is 4.04. The Hall–Kier alpha value is -1.61. The highest BCUT2D eigenvalue weighted by molar-refractivity contribution is 5.66. The molecule has 0 atom stereocenters. The van der Waals surface area contributed by atoms with E-state index in [4.69, 9.17) is 9.84 Å². The second-order valence-electron chi connectivity index (χ2n) is 5.61. The number of carboxylic acid groups (broad SMARTS) is 1. The van der Waals surface area contributed by atoms with E-state index in [1.807, 2.05) is 30.3 Å². The Morgan fingerprint density at radius 1 is 1.30 bits per heavy atom. The second kappa shape index (κ2) is 8.54. The molecule has 0 aliphatic heterocycles. The van der Waals surface area contributed by atoms with E-state index < -0.39 is 5.97 Å². The van der Waals surface area contributed by atoms with Crippen molar-refractivity contribution in [3.8, 4) is 0 Å². The summed E-state index contributed by atoms with van der Waals surface area (Å²) in [7, 11) is 0. The van der Waals surface area contributed by atoms with Gasteiger partial charge in [0.1, 0.15) is 0 Å². The van der Waals surface area contributed by atoms with E-state index in [1.54, 1.807) is 0 Å². The SMILES string of the molecule is CC(C)(/C=C\CCOCc1ccccc1)CCC(=O)O. The molecule has 0 amide bonds. The fourth-order valence-electron chi connectivity index (χ4n) is 1.83. The van der Waals surface area contributed by atoms with Crippen molar-refractivity contribution in [2.45, 2.75) is 39.7 Å². The number of aliphatic carboxylic acids is 1. The summed E-state index contributed by atoms with van der Waals surface area (Å²) in [5.74, 6) is -0.738. The van der Waals surface area contributed by atoms with Gasteiger partial charge in [-0.05, 0) is 23.8 Å². The molecule has 20 heavy (non-hydrogen) atoms. The molecule has 0 spiro atoms. The molecule has 0 saturated carbocycles. The Balaban J connectivity index is 2.16. The number of carbonyl (C=O) groups is 1. The Bertz CT molecular complexity index is 421. The average molecular weight is 276 g/mol. The van der Waals surface area contributed by atoms with Crippen LogP contribution in [0.3, 0.4) is 0 Å². The first-order chi connectivity index (χ1) is 9.49. The summed E-state index contributed by atoms with van der Waals surface area (Å²) in [5, 5.41) is 8.68. The van der Waals surface area contributed by atoms with Gasteiger partial charge in [0.25, 0.3) is 0 Å². The first-order valence-corrected chi connectivity index (χ1v) is 7.01. The molecule has 0 aliphatic carbocycles. The largest absolute Gasteiger partial charge is 0.481 e. The fourth-order valence-corrected chi connectivity index (χ4v) is 1.83. The molecule has 1 N–H and O–H groups in total. The van der Waals surface area contributed by atoms with Gasteiger partial charge in [-0.1, -0.05) is 56.3 Å². The number of benzene rings is 1. The van der Waals surface area contributed by atoms with Crippen molar-refractivity contribution in [2.24, 2.45) is 5.41 Å². The summed E-state index contributed by atoms with van der Waals surface area (Å²) >= 11 is 0. The Labute approximate surface area is 121 Å². The van der Waals surface area contributed by atoms with Crippen molar-refractivity contribution in [3.05, 3.63) is 48.0 Å². The molecule has 0 radical (unpaired) electrons. The highest BCUT2D eigenvalue weighted by atomic mass is 16.5. The van der Waals surface area contributed by atoms with Gasteiger partial charge in [-0.25, -0.2) is 0 Å². The number of carboxylic acids is 1. The lowest BCUT2D eigenvalue weighted by atomic mass is 9.87. The summed E-state index contributed by atoms with van der Waals surface area (Å²) in [6.45, 7) is 5.42. The van der Waals surface area contributed by atoms with Gasteiger partial charge in [0.2, 0.25) is 0 Å². The van der Waals surface area contributed by atoms with Crippen molar-refractivity contribution in [1.29, 1.82) is 0 Å². The second-order valence-corrected chi connectivity index (χ2v) is 5.61. The van der Waals surface area contributed by atoms with E-state index in [1.165, 1.54) is 5.56 Å². The minimum Gasteiger partial charge on any atom is -0.481 e. The molecule has 3 nitrogen and oxygen atoms in total. The van der Waals surface area contributed by atoms with Crippen LogP contribution in [0.15, 0.2) is 42.5 Å². The maximum atomic E-state index is 10.6. The number of rotatable bonds is 9. The number of hydrogen-bond acceptors (Lipinski definition) is 2. The van der Waals surface area contributed by atoms with E-state index >= 15 is 0 Å². The third-order valence-corrected chi connectivity index (χ3v) is 3.09. The van der Waals surface area contributed by atoms with Crippen LogP contribution in [0.1, 0.15) is 38.7 Å². The Morgan fingerprint density at radius 3 is 2.65 bits per heavy atom. The molecule has 0 unspecified atom stereocenters. The topological polar surface area (TPSA) is 46.5 Å². The Kier molecular flexibility index (Phi) is 7.02. The average Bonchev–Trinajstić information content (AvgIpc) is 2.42. The summed E-state index contributed by atoms with van der Waals surface area (Å²) in [6, 6.07) is 10.1. The summed E-state index contributed by atoms with van der Waals surface area (Å²) in [6.07, 6.45) is 5.88. The molecule has 1 aromatic carbocycles. The van der Waals surface area contributed by atoms with Crippen molar-refractivity contribution < 1.29 is 14.6 Å². The summed E-state index contributed by atoms with van der Waals surface area (Å²) in [4.78, 5) is 10.6. The van der Waals surface area contributed by atoms with Crippen LogP contribution < -0.4 is 0 Å². The van der Waals surface area contributed by atoms with Crippen molar-refractivity contribution in [1.82, 2.24) is 0 Å². The molecular weight excluding hydrogens is 252 g/mol. The standard InChI is InChI=1S/C17H24O3/c1-17(2,12-10-16(18)19)11-6-7-13-20-14-15-8-4-3-5-9-15/h3-6,8-9,11H,7,10,12-14H2,1-2H3,(H,18,19)/b11-6-. The molecule has 0 bridgehead atoms. The van der Waals surface area contributed by atoms with Crippen molar-refractivity contribution in [2.75, 3.05) is 6.61 Å². The molecule has 0 aromatic heterocycles. The number of allylic oxidation sites excluding steroid dienone is 1. The smallest absolute Gasteiger partial charge is 0.303 e.